The Morgan fingerprint density at radius 3 is 2.75 bits per heavy atom. The predicted octanol–water partition coefficient (Wildman–Crippen LogP) is 2.67. The minimum atomic E-state index is 0.583. The molecule has 1 rings (SSSR count). The molecule has 12 heavy (non-hydrogen) atoms. The topological polar surface area (TPSA) is 12.0 Å². The van der Waals surface area contributed by atoms with Crippen molar-refractivity contribution < 1.29 is 0 Å². The van der Waals surface area contributed by atoms with E-state index in [4.69, 9.17) is 0 Å². The van der Waals surface area contributed by atoms with Gasteiger partial charge in [0.1, 0.15) is 0 Å². The maximum atomic E-state index is 3.47. The second-order valence-corrected chi connectivity index (χ2v) is 4.67. The molecular formula is C11H23N. The molecule has 3 unspecified atom stereocenters. The highest BCUT2D eigenvalue weighted by atomic mass is 14.9. The molecule has 1 saturated heterocycles. The summed E-state index contributed by atoms with van der Waals surface area (Å²) in [6.45, 7) is 12.0. The third kappa shape index (κ3) is 1.66. The van der Waals surface area contributed by atoms with E-state index in [1.807, 2.05) is 0 Å². The van der Waals surface area contributed by atoms with Crippen molar-refractivity contribution in [1.29, 1.82) is 0 Å². The molecule has 1 nitrogen and oxygen atoms in total. The average Bonchev–Trinajstić information content (AvgIpc) is 2.09. The van der Waals surface area contributed by atoms with Crippen molar-refractivity contribution in [3.8, 4) is 0 Å². The Balaban J connectivity index is 2.65. The standard InChI is InChI=1S/C11H23N/c1-5-9(2)11(4)6-7-12-8-10(11)3/h9-10,12H,5-8H2,1-4H3. The van der Waals surface area contributed by atoms with Crippen molar-refractivity contribution >= 4 is 0 Å². The molecule has 0 aromatic rings. The van der Waals surface area contributed by atoms with Gasteiger partial charge < -0.3 is 5.32 Å². The van der Waals surface area contributed by atoms with Crippen molar-refractivity contribution in [3.63, 3.8) is 0 Å². The van der Waals surface area contributed by atoms with Crippen LogP contribution in [0.4, 0.5) is 0 Å². The van der Waals surface area contributed by atoms with E-state index in [2.05, 4.69) is 33.0 Å². The highest BCUT2D eigenvalue weighted by Crippen LogP contribution is 2.41. The first-order valence-electron chi connectivity index (χ1n) is 5.32. The van der Waals surface area contributed by atoms with Gasteiger partial charge in [0.15, 0.2) is 0 Å². The van der Waals surface area contributed by atoms with Crippen molar-refractivity contribution in [2.75, 3.05) is 13.1 Å². The molecule has 1 aliphatic heterocycles. The molecule has 1 heterocycles. The first kappa shape index (κ1) is 10.0. The van der Waals surface area contributed by atoms with Crippen LogP contribution in [0.1, 0.15) is 40.5 Å². The Hall–Kier alpha value is -0.0400. The highest BCUT2D eigenvalue weighted by molar-refractivity contribution is 4.89. The van der Waals surface area contributed by atoms with Crippen LogP contribution in [0.5, 0.6) is 0 Å². The summed E-state index contributed by atoms with van der Waals surface area (Å²) in [4.78, 5) is 0. The van der Waals surface area contributed by atoms with Gasteiger partial charge in [0.05, 0.1) is 0 Å². The van der Waals surface area contributed by atoms with Gasteiger partial charge in [-0.2, -0.15) is 0 Å². The molecule has 0 aromatic heterocycles. The fourth-order valence-electron chi connectivity index (χ4n) is 2.35. The van der Waals surface area contributed by atoms with E-state index in [1.54, 1.807) is 0 Å². The number of piperidine rings is 1. The Morgan fingerprint density at radius 1 is 1.58 bits per heavy atom. The molecule has 1 heteroatoms. The van der Waals surface area contributed by atoms with E-state index >= 15 is 0 Å². The van der Waals surface area contributed by atoms with Crippen LogP contribution in [0.3, 0.4) is 0 Å². The SMILES string of the molecule is CCC(C)C1(C)CCNCC1C. The normalized spacial score (nSPS) is 39.5. The van der Waals surface area contributed by atoms with Crippen molar-refractivity contribution in [1.82, 2.24) is 5.32 Å². The van der Waals surface area contributed by atoms with Crippen LogP contribution in [0.2, 0.25) is 0 Å². The van der Waals surface area contributed by atoms with Crippen LogP contribution in [-0.4, -0.2) is 13.1 Å². The number of nitrogens with one attached hydrogen (secondary N) is 1. The molecule has 3 atom stereocenters. The number of rotatable bonds is 2. The zero-order chi connectivity index (χ0) is 9.19. The molecule has 0 spiro atoms. The van der Waals surface area contributed by atoms with Gasteiger partial charge in [0.2, 0.25) is 0 Å². The largest absolute Gasteiger partial charge is 0.316 e. The Kier molecular flexibility index (Phi) is 3.16. The molecule has 72 valence electrons. The maximum absolute atomic E-state index is 3.47. The Morgan fingerprint density at radius 2 is 2.25 bits per heavy atom. The average molecular weight is 169 g/mol. The van der Waals surface area contributed by atoms with E-state index < -0.39 is 0 Å². The summed E-state index contributed by atoms with van der Waals surface area (Å²) in [5, 5.41) is 3.47. The third-order valence-corrected chi connectivity index (χ3v) is 4.15. The zero-order valence-electron chi connectivity index (χ0n) is 8.98. The van der Waals surface area contributed by atoms with Crippen LogP contribution in [0.15, 0.2) is 0 Å². The minimum Gasteiger partial charge on any atom is -0.316 e. The van der Waals surface area contributed by atoms with E-state index in [0.29, 0.717) is 5.41 Å². The van der Waals surface area contributed by atoms with Crippen molar-refractivity contribution in [3.05, 3.63) is 0 Å². The van der Waals surface area contributed by atoms with Crippen LogP contribution >= 0.6 is 0 Å². The predicted molar refractivity (Wildman–Crippen MR) is 54.2 cm³/mol. The number of hydrogen-bond acceptors (Lipinski definition) is 1. The van der Waals surface area contributed by atoms with Crippen LogP contribution in [0.25, 0.3) is 0 Å². The van der Waals surface area contributed by atoms with Gasteiger partial charge in [0, 0.05) is 0 Å². The molecular weight excluding hydrogens is 146 g/mol. The maximum Gasteiger partial charge on any atom is -0.00178 e. The van der Waals surface area contributed by atoms with Gasteiger partial charge in [-0.15, -0.1) is 0 Å². The van der Waals surface area contributed by atoms with E-state index in [1.165, 1.54) is 25.9 Å². The lowest BCUT2D eigenvalue weighted by atomic mass is 9.65. The summed E-state index contributed by atoms with van der Waals surface area (Å²) in [6, 6.07) is 0. The van der Waals surface area contributed by atoms with E-state index in [0.717, 1.165) is 11.8 Å². The van der Waals surface area contributed by atoms with Crippen LogP contribution in [-0.2, 0) is 0 Å². The first-order valence-corrected chi connectivity index (χ1v) is 5.32. The summed E-state index contributed by atoms with van der Waals surface area (Å²) in [5.74, 6) is 1.70. The number of hydrogen-bond donors (Lipinski definition) is 1. The van der Waals surface area contributed by atoms with E-state index in [9.17, 15) is 0 Å². The lowest BCUT2D eigenvalue weighted by molar-refractivity contribution is 0.0723. The smallest absolute Gasteiger partial charge is 0.00178 e. The van der Waals surface area contributed by atoms with Gasteiger partial charge in [-0.05, 0) is 36.8 Å². The zero-order valence-corrected chi connectivity index (χ0v) is 8.98. The second-order valence-electron chi connectivity index (χ2n) is 4.67. The minimum absolute atomic E-state index is 0.583. The van der Waals surface area contributed by atoms with Gasteiger partial charge >= 0.3 is 0 Å². The molecule has 0 aromatic carbocycles. The lowest BCUT2D eigenvalue weighted by Crippen LogP contribution is -2.45. The summed E-state index contributed by atoms with van der Waals surface area (Å²) >= 11 is 0. The Bertz CT molecular complexity index is 138. The monoisotopic (exact) mass is 169 g/mol. The molecule has 0 bridgehead atoms. The molecule has 1 N–H and O–H groups in total. The molecule has 1 fully saturated rings. The Labute approximate surface area is 76.9 Å². The van der Waals surface area contributed by atoms with Gasteiger partial charge in [0.25, 0.3) is 0 Å². The van der Waals surface area contributed by atoms with Crippen LogP contribution in [0, 0.1) is 17.3 Å². The summed E-state index contributed by atoms with van der Waals surface area (Å²) in [6.07, 6.45) is 2.67. The van der Waals surface area contributed by atoms with Crippen molar-refractivity contribution in [2.45, 2.75) is 40.5 Å². The quantitative estimate of drug-likeness (QED) is 0.670. The fraction of sp³-hybridized carbons (Fsp3) is 1.00. The summed E-state index contributed by atoms with van der Waals surface area (Å²) in [7, 11) is 0. The lowest BCUT2D eigenvalue weighted by Gasteiger charge is -2.44. The fourth-order valence-corrected chi connectivity index (χ4v) is 2.35. The van der Waals surface area contributed by atoms with Crippen LogP contribution < -0.4 is 5.32 Å². The summed E-state index contributed by atoms with van der Waals surface area (Å²) in [5.41, 5.74) is 0.583. The van der Waals surface area contributed by atoms with E-state index in [-0.39, 0.29) is 0 Å². The third-order valence-electron chi connectivity index (χ3n) is 4.15. The summed E-state index contributed by atoms with van der Waals surface area (Å²) < 4.78 is 0. The highest BCUT2D eigenvalue weighted by Gasteiger charge is 2.37. The van der Waals surface area contributed by atoms with Crippen molar-refractivity contribution in [2.24, 2.45) is 17.3 Å². The first-order chi connectivity index (χ1) is 5.61. The molecule has 0 radical (unpaired) electrons. The molecule has 0 amide bonds. The molecule has 0 aliphatic carbocycles. The second kappa shape index (κ2) is 3.78. The van der Waals surface area contributed by atoms with Gasteiger partial charge in [-0.25, -0.2) is 0 Å². The molecule has 0 saturated carbocycles. The van der Waals surface area contributed by atoms with Gasteiger partial charge in [-0.3, -0.25) is 0 Å². The molecule has 1 aliphatic rings. The van der Waals surface area contributed by atoms with Gasteiger partial charge in [-0.1, -0.05) is 34.1 Å².